The van der Waals surface area contributed by atoms with Crippen molar-refractivity contribution in [2.45, 2.75) is 19.8 Å². The molecule has 1 aromatic carbocycles. The fraction of sp³-hybridized carbons (Fsp3) is 0.316. The number of carbonyl (C=O) groups is 2. The number of benzene rings is 1. The quantitative estimate of drug-likeness (QED) is 0.608. The molecule has 1 aromatic heterocycles. The number of hydrogen-bond acceptors (Lipinski definition) is 7. The van der Waals surface area contributed by atoms with E-state index in [2.05, 4.69) is 4.98 Å². The summed E-state index contributed by atoms with van der Waals surface area (Å²) in [5.74, 6) is -1.08. The lowest BCUT2D eigenvalue weighted by Crippen LogP contribution is -2.36. The van der Waals surface area contributed by atoms with Gasteiger partial charge < -0.3 is 9.64 Å². The number of thiazole rings is 1. The van der Waals surface area contributed by atoms with Crippen LogP contribution in [0, 0.1) is 29.6 Å². The molecule has 144 valence electrons. The monoisotopic (exact) mass is 416 g/mol. The maximum atomic E-state index is 12.4. The molecule has 1 amide bonds. The van der Waals surface area contributed by atoms with Crippen molar-refractivity contribution in [3.63, 3.8) is 0 Å². The molecule has 0 atom stereocenters. The minimum absolute atomic E-state index is 0.142. The average molecular weight is 417 g/mol. The Hall–Kier alpha value is -2.94. The van der Waals surface area contributed by atoms with Gasteiger partial charge in [-0.15, -0.1) is 11.3 Å². The minimum Gasteiger partial charge on any atom is -0.451 e. The van der Waals surface area contributed by atoms with Gasteiger partial charge in [-0.1, -0.05) is 23.7 Å². The van der Waals surface area contributed by atoms with E-state index in [4.69, 9.17) is 26.9 Å². The van der Waals surface area contributed by atoms with Crippen molar-refractivity contribution in [3.8, 4) is 22.7 Å². The van der Waals surface area contributed by atoms with Crippen LogP contribution in [0.3, 0.4) is 0 Å². The van der Waals surface area contributed by atoms with Crippen LogP contribution >= 0.6 is 22.9 Å². The van der Waals surface area contributed by atoms with Crippen LogP contribution in [0.4, 0.5) is 0 Å². The first-order valence-electron chi connectivity index (χ1n) is 8.38. The number of amides is 1. The van der Waals surface area contributed by atoms with Crippen molar-refractivity contribution in [3.05, 3.63) is 39.9 Å². The van der Waals surface area contributed by atoms with E-state index < -0.39 is 18.5 Å². The highest BCUT2D eigenvalue weighted by Gasteiger charge is 2.20. The third kappa shape index (κ3) is 5.78. The Bertz CT molecular complexity index is 910. The summed E-state index contributed by atoms with van der Waals surface area (Å²) < 4.78 is 5.13. The third-order valence-corrected chi connectivity index (χ3v) is 5.18. The first kappa shape index (κ1) is 21.4. The van der Waals surface area contributed by atoms with Crippen LogP contribution < -0.4 is 0 Å². The second-order valence-corrected chi connectivity index (χ2v) is 7.15. The summed E-state index contributed by atoms with van der Waals surface area (Å²) in [6, 6.07) is 11.0. The summed E-state index contributed by atoms with van der Waals surface area (Å²) in [7, 11) is 0. The van der Waals surface area contributed by atoms with E-state index in [1.54, 1.807) is 19.1 Å². The third-order valence-electron chi connectivity index (χ3n) is 3.74. The topological polar surface area (TPSA) is 107 Å². The predicted octanol–water partition coefficient (Wildman–Crippen LogP) is 3.58. The summed E-state index contributed by atoms with van der Waals surface area (Å²) in [4.78, 5) is 30.7. The molecule has 0 spiro atoms. The fourth-order valence-corrected chi connectivity index (χ4v) is 3.41. The Morgan fingerprint density at radius 3 is 2.36 bits per heavy atom. The summed E-state index contributed by atoms with van der Waals surface area (Å²) >= 11 is 7.06. The molecule has 1 heterocycles. The van der Waals surface area contributed by atoms with E-state index in [0.717, 1.165) is 5.56 Å². The van der Waals surface area contributed by atoms with E-state index in [-0.39, 0.29) is 25.9 Å². The lowest BCUT2D eigenvalue weighted by Gasteiger charge is -2.19. The Morgan fingerprint density at radius 1 is 1.18 bits per heavy atom. The van der Waals surface area contributed by atoms with Crippen LogP contribution in [0.2, 0.25) is 5.02 Å². The Labute approximate surface area is 171 Å². The number of carbonyl (C=O) groups excluding carboxylic acids is 2. The van der Waals surface area contributed by atoms with Gasteiger partial charge in [0, 0.05) is 23.7 Å². The maximum Gasteiger partial charge on any atom is 0.350 e. The van der Waals surface area contributed by atoms with Gasteiger partial charge in [0.1, 0.15) is 9.88 Å². The predicted molar refractivity (Wildman–Crippen MR) is 105 cm³/mol. The van der Waals surface area contributed by atoms with Crippen molar-refractivity contribution in [2.24, 2.45) is 0 Å². The van der Waals surface area contributed by atoms with Crippen molar-refractivity contribution in [1.29, 1.82) is 10.5 Å². The summed E-state index contributed by atoms with van der Waals surface area (Å²) in [6.45, 7) is 1.62. The lowest BCUT2D eigenvalue weighted by atomic mass is 10.2. The standard InChI is InChI=1S/C19H17ClN4O3S/c1-13-17(28-18(23-13)14-4-6-15(20)7-5-14)19(26)27-12-16(25)24(10-2-8-21)11-3-9-22/h4-7H,2-3,10-12H2,1H3. The van der Waals surface area contributed by atoms with Crippen molar-refractivity contribution < 1.29 is 14.3 Å². The van der Waals surface area contributed by atoms with Gasteiger partial charge in [-0.05, 0) is 19.1 Å². The second-order valence-electron chi connectivity index (χ2n) is 5.71. The molecule has 0 aliphatic rings. The molecule has 2 aromatic rings. The zero-order chi connectivity index (χ0) is 20.5. The Balaban J connectivity index is 2.02. The molecule has 0 bridgehead atoms. The van der Waals surface area contributed by atoms with Crippen molar-refractivity contribution in [2.75, 3.05) is 19.7 Å². The minimum atomic E-state index is -0.635. The normalized spacial score (nSPS) is 10.0. The molecule has 0 fully saturated rings. The maximum absolute atomic E-state index is 12.4. The molecule has 0 aliphatic heterocycles. The van der Waals surface area contributed by atoms with Gasteiger partial charge in [0.05, 0.1) is 30.7 Å². The van der Waals surface area contributed by atoms with Crippen LogP contribution in [0.25, 0.3) is 10.6 Å². The van der Waals surface area contributed by atoms with Gasteiger partial charge in [0.2, 0.25) is 0 Å². The molecule has 7 nitrogen and oxygen atoms in total. The van der Waals surface area contributed by atoms with E-state index in [9.17, 15) is 9.59 Å². The van der Waals surface area contributed by atoms with Gasteiger partial charge in [0.25, 0.3) is 5.91 Å². The number of halogens is 1. The number of hydrogen-bond donors (Lipinski definition) is 0. The molecule has 28 heavy (non-hydrogen) atoms. The molecule has 0 unspecified atom stereocenters. The highest BCUT2D eigenvalue weighted by Crippen LogP contribution is 2.29. The molecule has 0 N–H and O–H groups in total. The molecular formula is C19H17ClN4O3S. The number of esters is 1. The Kier molecular flexibility index (Phi) is 7.94. The van der Waals surface area contributed by atoms with E-state index in [1.165, 1.54) is 16.2 Å². The Morgan fingerprint density at radius 2 is 1.79 bits per heavy atom. The number of aryl methyl sites for hydroxylation is 1. The highest BCUT2D eigenvalue weighted by atomic mass is 35.5. The zero-order valence-corrected chi connectivity index (χ0v) is 16.7. The molecule has 0 aliphatic carbocycles. The number of nitrogens with zero attached hydrogens (tertiary/aromatic N) is 4. The number of ether oxygens (including phenoxy) is 1. The molecule has 0 saturated carbocycles. The van der Waals surface area contributed by atoms with E-state index in [0.29, 0.717) is 20.6 Å². The van der Waals surface area contributed by atoms with Gasteiger partial charge in [-0.25, -0.2) is 9.78 Å². The van der Waals surface area contributed by atoms with Crippen LogP contribution in [0.1, 0.15) is 28.2 Å². The van der Waals surface area contributed by atoms with Gasteiger partial charge in [-0.3, -0.25) is 4.79 Å². The second kappa shape index (κ2) is 10.4. The summed E-state index contributed by atoms with van der Waals surface area (Å²) in [6.07, 6.45) is 0.285. The fourth-order valence-electron chi connectivity index (χ4n) is 2.32. The molecular weight excluding hydrogens is 400 g/mol. The number of aromatic nitrogens is 1. The first-order valence-corrected chi connectivity index (χ1v) is 9.58. The largest absolute Gasteiger partial charge is 0.451 e. The van der Waals surface area contributed by atoms with E-state index >= 15 is 0 Å². The molecule has 0 radical (unpaired) electrons. The van der Waals surface area contributed by atoms with Gasteiger partial charge in [0.15, 0.2) is 6.61 Å². The average Bonchev–Trinajstić information content (AvgIpc) is 3.08. The number of rotatable bonds is 8. The zero-order valence-electron chi connectivity index (χ0n) is 15.1. The van der Waals surface area contributed by atoms with Crippen LogP contribution in [0.15, 0.2) is 24.3 Å². The van der Waals surface area contributed by atoms with Crippen molar-refractivity contribution in [1.82, 2.24) is 9.88 Å². The SMILES string of the molecule is Cc1nc(-c2ccc(Cl)cc2)sc1C(=O)OCC(=O)N(CCC#N)CCC#N. The van der Waals surface area contributed by atoms with Gasteiger partial charge in [-0.2, -0.15) is 10.5 Å². The van der Waals surface area contributed by atoms with Crippen molar-refractivity contribution >= 4 is 34.8 Å². The van der Waals surface area contributed by atoms with Crippen LogP contribution in [-0.2, 0) is 9.53 Å². The van der Waals surface area contributed by atoms with Gasteiger partial charge >= 0.3 is 5.97 Å². The molecule has 9 heteroatoms. The smallest absolute Gasteiger partial charge is 0.350 e. The molecule has 2 rings (SSSR count). The highest BCUT2D eigenvalue weighted by molar-refractivity contribution is 7.17. The summed E-state index contributed by atoms with van der Waals surface area (Å²) in [5.41, 5.74) is 1.34. The van der Waals surface area contributed by atoms with E-state index in [1.807, 2.05) is 24.3 Å². The molecule has 0 saturated heterocycles. The van der Waals surface area contributed by atoms with Crippen LogP contribution in [-0.4, -0.2) is 41.5 Å². The van der Waals surface area contributed by atoms with Crippen LogP contribution in [0.5, 0.6) is 0 Å². The lowest BCUT2D eigenvalue weighted by molar-refractivity contribution is -0.134. The number of nitriles is 2. The summed E-state index contributed by atoms with van der Waals surface area (Å²) in [5, 5.41) is 18.6. The first-order chi connectivity index (χ1) is 13.5.